The Hall–Kier alpha value is -0.980. The predicted octanol–water partition coefficient (Wildman–Crippen LogP) is 2.25. The zero-order valence-corrected chi connectivity index (χ0v) is 13.7. The largest absolute Gasteiger partial charge is 0.378 e. The van der Waals surface area contributed by atoms with Crippen molar-refractivity contribution in [2.45, 2.75) is 44.3 Å². The second kappa shape index (κ2) is 5.58. The van der Waals surface area contributed by atoms with E-state index in [0.29, 0.717) is 24.9 Å². The molecule has 1 saturated carbocycles. The van der Waals surface area contributed by atoms with Crippen LogP contribution in [0.25, 0.3) is 0 Å². The van der Waals surface area contributed by atoms with Crippen LogP contribution >= 0.6 is 11.3 Å². The number of hydrogen-bond acceptors (Lipinski definition) is 5. The van der Waals surface area contributed by atoms with Gasteiger partial charge in [-0.15, -0.1) is 11.3 Å². The number of hydrogen-bond donors (Lipinski definition) is 0. The van der Waals surface area contributed by atoms with Crippen molar-refractivity contribution in [3.8, 4) is 0 Å². The molecule has 0 unspecified atom stereocenters. The third-order valence-electron chi connectivity index (χ3n) is 4.80. The number of nitrogens with zero attached hydrogens (tertiary/aromatic N) is 2. The Morgan fingerprint density at radius 2 is 2.32 bits per heavy atom. The van der Waals surface area contributed by atoms with Crippen molar-refractivity contribution in [2.75, 3.05) is 26.3 Å². The van der Waals surface area contributed by atoms with Crippen molar-refractivity contribution in [1.82, 2.24) is 9.88 Å². The first-order chi connectivity index (χ1) is 10.6. The maximum Gasteiger partial charge on any atom is 0.273 e. The smallest absolute Gasteiger partial charge is 0.273 e. The van der Waals surface area contributed by atoms with Gasteiger partial charge in [-0.25, -0.2) is 4.98 Å². The Kier molecular flexibility index (Phi) is 3.71. The lowest BCUT2D eigenvalue weighted by atomic mass is 9.84. The molecule has 1 atom stereocenters. The molecule has 1 amide bonds. The second-order valence-electron chi connectivity index (χ2n) is 6.84. The van der Waals surface area contributed by atoms with E-state index in [2.05, 4.69) is 4.98 Å². The Labute approximate surface area is 134 Å². The summed E-state index contributed by atoms with van der Waals surface area (Å²) in [5.74, 6) is 0.825. The van der Waals surface area contributed by atoms with Crippen molar-refractivity contribution in [1.29, 1.82) is 0 Å². The number of carbonyl (C=O) groups is 1. The predicted molar refractivity (Wildman–Crippen MR) is 83.1 cm³/mol. The minimum atomic E-state index is -0.173. The highest BCUT2D eigenvalue weighted by Crippen LogP contribution is 2.37. The van der Waals surface area contributed by atoms with Gasteiger partial charge in [0.2, 0.25) is 0 Å². The molecule has 0 N–H and O–H groups in total. The van der Waals surface area contributed by atoms with Crippen LogP contribution in [0.1, 0.15) is 41.2 Å². The molecule has 5 nitrogen and oxygen atoms in total. The molecule has 4 rings (SSSR count). The molecular weight excluding hydrogens is 300 g/mol. The van der Waals surface area contributed by atoms with E-state index in [9.17, 15) is 4.79 Å². The number of rotatable bonds is 4. The van der Waals surface area contributed by atoms with Crippen molar-refractivity contribution < 1.29 is 14.3 Å². The molecule has 1 aromatic rings. The van der Waals surface area contributed by atoms with Crippen LogP contribution in [-0.4, -0.2) is 53.8 Å². The Morgan fingerprint density at radius 1 is 1.50 bits per heavy atom. The first kappa shape index (κ1) is 14.6. The van der Waals surface area contributed by atoms with Gasteiger partial charge >= 0.3 is 0 Å². The van der Waals surface area contributed by atoms with E-state index in [-0.39, 0.29) is 11.5 Å². The number of amides is 1. The second-order valence-corrected chi connectivity index (χ2v) is 7.90. The number of thiazole rings is 1. The summed E-state index contributed by atoms with van der Waals surface area (Å²) < 4.78 is 12.0. The summed E-state index contributed by atoms with van der Waals surface area (Å²) in [6.07, 6.45) is 4.84. The lowest BCUT2D eigenvalue weighted by Crippen LogP contribution is -2.67. The van der Waals surface area contributed by atoms with Crippen molar-refractivity contribution in [3.05, 3.63) is 16.1 Å². The molecule has 1 spiro atoms. The summed E-state index contributed by atoms with van der Waals surface area (Å²) in [6.45, 7) is 4.91. The average Bonchev–Trinajstić information content (AvgIpc) is 3.22. The summed E-state index contributed by atoms with van der Waals surface area (Å²) in [5.41, 5.74) is 0.391. The first-order valence-corrected chi connectivity index (χ1v) is 8.98. The van der Waals surface area contributed by atoms with Gasteiger partial charge in [0.25, 0.3) is 5.91 Å². The van der Waals surface area contributed by atoms with Gasteiger partial charge in [-0.05, 0) is 32.1 Å². The van der Waals surface area contributed by atoms with Gasteiger partial charge in [0.1, 0.15) is 11.3 Å². The summed E-state index contributed by atoms with van der Waals surface area (Å²) in [5, 5.41) is 2.77. The number of likely N-dealkylation sites (tertiary alicyclic amines) is 1. The Morgan fingerprint density at radius 3 is 3.00 bits per heavy atom. The maximum absolute atomic E-state index is 12.4. The van der Waals surface area contributed by atoms with Gasteiger partial charge in [0.05, 0.1) is 24.2 Å². The van der Waals surface area contributed by atoms with E-state index in [1.807, 2.05) is 17.2 Å². The highest BCUT2D eigenvalue weighted by molar-refractivity contribution is 7.09. The molecule has 2 saturated heterocycles. The standard InChI is InChI=1S/C16H22N2O3S/c1-11-17-14(8-22-11)15(19)18-9-16(10-18)6-13(4-5-21-16)20-7-12-2-3-12/h8,12-13H,2-7,9-10H2,1H3/t13-/m0/s1. The molecule has 6 heteroatoms. The van der Waals surface area contributed by atoms with Crippen LogP contribution in [0.3, 0.4) is 0 Å². The molecule has 1 aliphatic carbocycles. The monoisotopic (exact) mass is 322 g/mol. The van der Waals surface area contributed by atoms with Crippen LogP contribution in [0, 0.1) is 12.8 Å². The molecule has 3 heterocycles. The van der Waals surface area contributed by atoms with Gasteiger partial charge in [0.15, 0.2) is 0 Å². The van der Waals surface area contributed by atoms with Gasteiger partial charge in [-0.3, -0.25) is 4.79 Å². The highest BCUT2D eigenvalue weighted by Gasteiger charge is 2.50. The molecule has 1 aromatic heterocycles. The normalized spacial score (nSPS) is 27.0. The quantitative estimate of drug-likeness (QED) is 0.853. The molecule has 0 bridgehead atoms. The van der Waals surface area contributed by atoms with Crippen LogP contribution in [0.15, 0.2) is 5.38 Å². The minimum Gasteiger partial charge on any atom is -0.378 e. The summed E-state index contributed by atoms with van der Waals surface area (Å²) in [4.78, 5) is 18.5. The summed E-state index contributed by atoms with van der Waals surface area (Å²) >= 11 is 1.52. The maximum atomic E-state index is 12.4. The number of aryl methyl sites for hydroxylation is 1. The van der Waals surface area contributed by atoms with Crippen LogP contribution in [0.2, 0.25) is 0 Å². The SMILES string of the molecule is Cc1nc(C(=O)N2CC3(C[C@@H](OCC4CC4)CCO3)C2)cs1. The molecule has 3 fully saturated rings. The van der Waals surface area contributed by atoms with Crippen molar-refractivity contribution in [2.24, 2.45) is 5.92 Å². The third-order valence-corrected chi connectivity index (χ3v) is 5.57. The van der Waals surface area contributed by atoms with Gasteiger partial charge in [0, 0.05) is 25.0 Å². The topological polar surface area (TPSA) is 51.7 Å². The first-order valence-electron chi connectivity index (χ1n) is 8.10. The van der Waals surface area contributed by atoms with Crippen LogP contribution in [0.4, 0.5) is 0 Å². The van der Waals surface area contributed by atoms with Crippen LogP contribution in [-0.2, 0) is 9.47 Å². The highest BCUT2D eigenvalue weighted by atomic mass is 32.1. The van der Waals surface area contributed by atoms with Crippen molar-refractivity contribution >= 4 is 17.2 Å². The molecule has 120 valence electrons. The Balaban J connectivity index is 1.31. The van der Waals surface area contributed by atoms with E-state index in [4.69, 9.17) is 9.47 Å². The van der Waals surface area contributed by atoms with Gasteiger partial charge in [-0.2, -0.15) is 0 Å². The fraction of sp³-hybridized carbons (Fsp3) is 0.750. The molecule has 0 aromatic carbocycles. The number of aromatic nitrogens is 1. The molecule has 0 radical (unpaired) electrons. The zero-order valence-electron chi connectivity index (χ0n) is 12.9. The van der Waals surface area contributed by atoms with Crippen LogP contribution in [0.5, 0.6) is 0 Å². The lowest BCUT2D eigenvalue weighted by Gasteiger charge is -2.52. The Bertz CT molecular complexity index is 563. The van der Waals surface area contributed by atoms with Gasteiger partial charge < -0.3 is 14.4 Å². The number of ether oxygens (including phenoxy) is 2. The van der Waals surface area contributed by atoms with E-state index in [0.717, 1.165) is 37.0 Å². The molecule has 3 aliphatic rings. The molecule has 22 heavy (non-hydrogen) atoms. The minimum absolute atomic E-state index is 0.0274. The van der Waals surface area contributed by atoms with Crippen molar-refractivity contribution in [3.63, 3.8) is 0 Å². The van der Waals surface area contributed by atoms with E-state index in [1.54, 1.807) is 0 Å². The molecular formula is C16H22N2O3S. The van der Waals surface area contributed by atoms with E-state index < -0.39 is 0 Å². The van der Waals surface area contributed by atoms with Gasteiger partial charge in [-0.1, -0.05) is 0 Å². The fourth-order valence-electron chi connectivity index (χ4n) is 3.32. The summed E-state index contributed by atoms with van der Waals surface area (Å²) in [7, 11) is 0. The van der Waals surface area contributed by atoms with E-state index in [1.165, 1.54) is 24.2 Å². The van der Waals surface area contributed by atoms with E-state index >= 15 is 0 Å². The zero-order chi connectivity index (χ0) is 15.2. The molecule has 2 aliphatic heterocycles. The number of carbonyl (C=O) groups excluding carboxylic acids is 1. The fourth-order valence-corrected chi connectivity index (χ4v) is 3.91. The average molecular weight is 322 g/mol. The summed E-state index contributed by atoms with van der Waals surface area (Å²) in [6, 6.07) is 0. The lowest BCUT2D eigenvalue weighted by molar-refractivity contribution is -0.186. The third kappa shape index (κ3) is 2.92. The van der Waals surface area contributed by atoms with Crippen LogP contribution < -0.4 is 0 Å².